The second-order valence-electron chi connectivity index (χ2n) is 7.05. The third kappa shape index (κ3) is 6.33. The summed E-state index contributed by atoms with van der Waals surface area (Å²) in [6, 6.07) is 4.49. The largest absolute Gasteiger partial charge is 0.496 e. The predicted octanol–water partition coefficient (Wildman–Crippen LogP) is 1.81. The van der Waals surface area contributed by atoms with Crippen molar-refractivity contribution >= 4 is 23.9 Å². The lowest BCUT2D eigenvalue weighted by atomic mass is 9.90. The van der Waals surface area contributed by atoms with Gasteiger partial charge in [0.2, 0.25) is 0 Å². The zero-order valence-electron chi connectivity index (χ0n) is 18.6. The first-order valence-electron chi connectivity index (χ1n) is 9.73. The fraction of sp³-hybridized carbons (Fsp3) is 0.524. The highest BCUT2D eigenvalue weighted by atomic mass is 17.2. The fourth-order valence-electron chi connectivity index (χ4n) is 3.36. The van der Waals surface area contributed by atoms with Crippen LogP contribution in [0.25, 0.3) is 0 Å². The predicted molar refractivity (Wildman–Crippen MR) is 105 cm³/mol. The van der Waals surface area contributed by atoms with Crippen LogP contribution in [-0.4, -0.2) is 55.4 Å². The molecule has 0 N–H and O–H groups in total. The van der Waals surface area contributed by atoms with Crippen molar-refractivity contribution in [3.8, 4) is 11.5 Å². The number of hydrogen-bond acceptors (Lipinski definition) is 11. The monoisotopic (exact) mass is 454 g/mol. The van der Waals surface area contributed by atoms with Gasteiger partial charge in [0.05, 0.1) is 13.2 Å². The van der Waals surface area contributed by atoms with Gasteiger partial charge in [0.1, 0.15) is 11.9 Å². The summed E-state index contributed by atoms with van der Waals surface area (Å²) in [5, 5.41) is 0. The number of carbonyl (C=O) groups is 4. The minimum atomic E-state index is -1.20. The molecule has 0 aliphatic carbocycles. The van der Waals surface area contributed by atoms with Gasteiger partial charge in [0.25, 0.3) is 0 Å². The first-order valence-corrected chi connectivity index (χ1v) is 9.73. The Hall–Kier alpha value is -3.34. The number of hydrogen-bond donors (Lipinski definition) is 0. The van der Waals surface area contributed by atoms with Crippen LogP contribution in [0.2, 0.25) is 0 Å². The van der Waals surface area contributed by atoms with Gasteiger partial charge in [-0.15, -0.1) is 0 Å². The van der Waals surface area contributed by atoms with Crippen molar-refractivity contribution in [2.24, 2.45) is 0 Å². The first kappa shape index (κ1) is 24.9. The molecule has 1 aromatic carbocycles. The maximum absolute atomic E-state index is 11.9. The van der Waals surface area contributed by atoms with Gasteiger partial charge in [-0.1, -0.05) is 0 Å². The third-order valence-electron chi connectivity index (χ3n) is 4.44. The molecule has 1 heterocycles. The van der Waals surface area contributed by atoms with Crippen molar-refractivity contribution in [3.05, 3.63) is 23.8 Å². The Kier molecular flexibility index (Phi) is 8.41. The fourth-order valence-corrected chi connectivity index (χ4v) is 3.36. The molecule has 0 bridgehead atoms. The molecule has 11 nitrogen and oxygen atoms in total. The van der Waals surface area contributed by atoms with E-state index in [9.17, 15) is 19.2 Å². The molecule has 1 saturated heterocycles. The zero-order valence-corrected chi connectivity index (χ0v) is 18.6. The molecule has 11 heteroatoms. The van der Waals surface area contributed by atoms with Gasteiger partial charge in [-0.05, 0) is 25.1 Å². The molecule has 32 heavy (non-hydrogen) atoms. The number of methoxy groups -OCH3 is 1. The van der Waals surface area contributed by atoms with Gasteiger partial charge in [-0.3, -0.25) is 24.2 Å². The van der Waals surface area contributed by atoms with Crippen molar-refractivity contribution in [2.45, 2.75) is 65.1 Å². The van der Waals surface area contributed by atoms with Crippen LogP contribution in [0.3, 0.4) is 0 Å². The van der Waals surface area contributed by atoms with E-state index in [1.165, 1.54) is 53.0 Å². The summed E-state index contributed by atoms with van der Waals surface area (Å²) in [5.74, 6) is -2.17. The molecule has 0 unspecified atom stereocenters. The van der Waals surface area contributed by atoms with Gasteiger partial charge >= 0.3 is 23.9 Å². The average Bonchev–Trinajstić information content (AvgIpc) is 2.69. The van der Waals surface area contributed by atoms with E-state index in [1.54, 1.807) is 6.92 Å². The summed E-state index contributed by atoms with van der Waals surface area (Å²) in [5.41, 5.74) is 0.355. The number of benzene rings is 1. The van der Waals surface area contributed by atoms with E-state index in [4.69, 9.17) is 28.6 Å². The van der Waals surface area contributed by atoms with E-state index in [2.05, 4.69) is 4.89 Å². The summed E-state index contributed by atoms with van der Waals surface area (Å²) in [6.45, 7) is 6.35. The van der Waals surface area contributed by atoms with Crippen LogP contribution in [0.1, 0.15) is 46.3 Å². The Morgan fingerprint density at radius 2 is 1.38 bits per heavy atom. The van der Waals surface area contributed by atoms with Crippen LogP contribution in [-0.2, 0) is 43.0 Å². The molecular formula is C21H26O11. The SMILES string of the molecule is COc1ccc(OOC(C)=O)cc1[C@H]1O[C@@H](C)[C@@H](OC(C)=O)[C@@H](OC(C)=O)[C@@H]1OC(C)=O. The molecule has 1 aliphatic rings. The Morgan fingerprint density at radius 3 is 1.91 bits per heavy atom. The van der Waals surface area contributed by atoms with E-state index in [0.29, 0.717) is 11.3 Å². The zero-order chi connectivity index (χ0) is 24.0. The van der Waals surface area contributed by atoms with E-state index in [0.717, 1.165) is 0 Å². The Bertz CT molecular complexity index is 865. The quantitative estimate of drug-likeness (QED) is 0.258. The molecular weight excluding hydrogens is 428 g/mol. The van der Waals surface area contributed by atoms with E-state index < -0.39 is 54.4 Å². The minimum absolute atomic E-state index is 0.139. The summed E-state index contributed by atoms with van der Waals surface area (Å²) < 4.78 is 27.6. The van der Waals surface area contributed by atoms with Crippen LogP contribution in [0.15, 0.2) is 18.2 Å². The number of ether oxygens (including phenoxy) is 5. The second kappa shape index (κ2) is 10.8. The highest BCUT2D eigenvalue weighted by Crippen LogP contribution is 2.41. The second-order valence-corrected chi connectivity index (χ2v) is 7.05. The Balaban J connectivity index is 2.55. The molecule has 0 aromatic heterocycles. The van der Waals surface area contributed by atoms with Crippen molar-refractivity contribution < 1.29 is 52.6 Å². The van der Waals surface area contributed by atoms with Crippen molar-refractivity contribution in [3.63, 3.8) is 0 Å². The lowest BCUT2D eigenvalue weighted by Crippen LogP contribution is -2.57. The standard InChI is InChI=1S/C21H26O11/c1-10-18(28-11(2)22)20(29-12(3)23)21(30-13(4)24)19(27-10)16-9-15(32-31-14(5)25)7-8-17(16)26-6/h7-10,18-21H,1-6H3/t10-,18+,19+,20+,21+/m0/s1. The molecule has 0 saturated carbocycles. The molecule has 0 radical (unpaired) electrons. The van der Waals surface area contributed by atoms with Crippen molar-refractivity contribution in [2.75, 3.05) is 7.11 Å². The lowest BCUT2D eigenvalue weighted by Gasteiger charge is -2.44. The van der Waals surface area contributed by atoms with E-state index in [1.807, 2.05) is 0 Å². The maximum atomic E-state index is 11.9. The highest BCUT2D eigenvalue weighted by molar-refractivity contribution is 5.68. The average molecular weight is 454 g/mol. The topological polar surface area (TPSA) is 133 Å². The molecule has 0 spiro atoms. The lowest BCUT2D eigenvalue weighted by molar-refractivity contribution is -0.245. The van der Waals surface area contributed by atoms with Crippen LogP contribution < -0.4 is 9.62 Å². The Morgan fingerprint density at radius 1 is 0.812 bits per heavy atom. The van der Waals surface area contributed by atoms with E-state index in [-0.39, 0.29) is 5.75 Å². The molecule has 2 rings (SSSR count). The maximum Gasteiger partial charge on any atom is 0.352 e. The van der Waals surface area contributed by atoms with Gasteiger partial charge in [-0.25, -0.2) is 4.79 Å². The molecule has 176 valence electrons. The molecule has 5 atom stereocenters. The number of esters is 3. The third-order valence-corrected chi connectivity index (χ3v) is 4.44. The summed E-state index contributed by atoms with van der Waals surface area (Å²) in [6.07, 6.45) is -5.18. The van der Waals surface area contributed by atoms with Gasteiger partial charge in [-0.2, -0.15) is 0 Å². The minimum Gasteiger partial charge on any atom is -0.496 e. The Labute approximate surface area is 184 Å². The van der Waals surface area contributed by atoms with Crippen LogP contribution in [0, 0.1) is 0 Å². The van der Waals surface area contributed by atoms with Gasteiger partial charge in [0, 0.05) is 33.3 Å². The summed E-state index contributed by atoms with van der Waals surface area (Å²) in [4.78, 5) is 56.0. The van der Waals surface area contributed by atoms with Crippen molar-refractivity contribution in [1.82, 2.24) is 0 Å². The van der Waals surface area contributed by atoms with Crippen LogP contribution >= 0.6 is 0 Å². The highest BCUT2D eigenvalue weighted by Gasteiger charge is 2.51. The van der Waals surface area contributed by atoms with Gasteiger partial charge in [0.15, 0.2) is 24.1 Å². The first-order chi connectivity index (χ1) is 15.0. The van der Waals surface area contributed by atoms with Gasteiger partial charge < -0.3 is 23.7 Å². The molecule has 1 aliphatic heterocycles. The summed E-state index contributed by atoms with van der Waals surface area (Å²) >= 11 is 0. The summed E-state index contributed by atoms with van der Waals surface area (Å²) in [7, 11) is 1.42. The normalized spacial score (nSPS) is 24.6. The molecule has 1 fully saturated rings. The van der Waals surface area contributed by atoms with Crippen LogP contribution in [0.5, 0.6) is 11.5 Å². The van der Waals surface area contributed by atoms with E-state index >= 15 is 0 Å². The van der Waals surface area contributed by atoms with Crippen molar-refractivity contribution in [1.29, 1.82) is 0 Å². The number of carbonyl (C=O) groups excluding carboxylic acids is 4. The molecule has 1 aromatic rings. The number of rotatable bonds is 7. The molecule has 0 amide bonds. The van der Waals surface area contributed by atoms with Crippen LogP contribution in [0.4, 0.5) is 0 Å². The smallest absolute Gasteiger partial charge is 0.352 e.